The summed E-state index contributed by atoms with van der Waals surface area (Å²) >= 11 is 0. The molecule has 0 radical (unpaired) electrons. The molecule has 0 amide bonds. The predicted octanol–water partition coefficient (Wildman–Crippen LogP) is 2.73. The summed E-state index contributed by atoms with van der Waals surface area (Å²) in [6.45, 7) is 0. The quantitative estimate of drug-likeness (QED) is 0.613. The van der Waals surface area contributed by atoms with Crippen molar-refractivity contribution in [3.05, 3.63) is 54.4 Å². The van der Waals surface area contributed by atoms with E-state index in [0.717, 1.165) is 11.1 Å². The molecule has 2 aromatic rings. The van der Waals surface area contributed by atoms with Gasteiger partial charge in [0.05, 0.1) is 0 Å². The largest absolute Gasteiger partial charge is 0.247 e. The SMILES string of the molecule is C#Cc1ncccc1-c1ccccc1. The summed E-state index contributed by atoms with van der Waals surface area (Å²) in [7, 11) is 0. The number of aromatic nitrogens is 1. The van der Waals surface area contributed by atoms with Crippen LogP contribution >= 0.6 is 0 Å². The lowest BCUT2D eigenvalue weighted by atomic mass is 10.0. The maximum atomic E-state index is 5.38. The first-order valence-electron chi connectivity index (χ1n) is 4.39. The molecule has 0 bridgehead atoms. The Morgan fingerprint density at radius 1 is 1.00 bits per heavy atom. The Labute approximate surface area is 83.4 Å². The topological polar surface area (TPSA) is 12.9 Å². The van der Waals surface area contributed by atoms with Crippen molar-refractivity contribution in [2.75, 3.05) is 0 Å². The lowest BCUT2D eigenvalue weighted by molar-refractivity contribution is 1.29. The zero-order valence-electron chi connectivity index (χ0n) is 7.64. The molecule has 1 heteroatoms. The van der Waals surface area contributed by atoms with E-state index >= 15 is 0 Å². The predicted molar refractivity (Wildman–Crippen MR) is 57.6 cm³/mol. The van der Waals surface area contributed by atoms with Crippen LogP contribution in [0.5, 0.6) is 0 Å². The second kappa shape index (κ2) is 3.76. The van der Waals surface area contributed by atoms with Gasteiger partial charge >= 0.3 is 0 Å². The molecular weight excluding hydrogens is 170 g/mol. The third kappa shape index (κ3) is 1.51. The van der Waals surface area contributed by atoms with Gasteiger partial charge in [0.25, 0.3) is 0 Å². The molecule has 0 saturated carbocycles. The molecule has 1 nitrogen and oxygen atoms in total. The minimum absolute atomic E-state index is 0.693. The normalized spacial score (nSPS) is 9.36. The van der Waals surface area contributed by atoms with Gasteiger partial charge < -0.3 is 0 Å². The number of hydrogen-bond acceptors (Lipinski definition) is 1. The van der Waals surface area contributed by atoms with Crippen LogP contribution in [0.15, 0.2) is 48.7 Å². The smallest absolute Gasteiger partial charge is 0.120 e. The summed E-state index contributed by atoms with van der Waals surface area (Å²) in [6, 6.07) is 13.9. The number of rotatable bonds is 1. The van der Waals surface area contributed by atoms with Crippen LogP contribution in [0.2, 0.25) is 0 Å². The van der Waals surface area contributed by atoms with Crippen LogP contribution in [0.3, 0.4) is 0 Å². The number of nitrogens with zero attached hydrogens (tertiary/aromatic N) is 1. The molecule has 0 aliphatic rings. The van der Waals surface area contributed by atoms with Crippen molar-refractivity contribution >= 4 is 0 Å². The lowest BCUT2D eigenvalue weighted by Crippen LogP contribution is -1.86. The van der Waals surface area contributed by atoms with E-state index in [4.69, 9.17) is 6.42 Å². The highest BCUT2D eigenvalue weighted by atomic mass is 14.7. The van der Waals surface area contributed by atoms with Crippen molar-refractivity contribution in [1.29, 1.82) is 0 Å². The molecule has 2 rings (SSSR count). The molecule has 66 valence electrons. The van der Waals surface area contributed by atoms with Gasteiger partial charge in [-0.2, -0.15) is 0 Å². The monoisotopic (exact) mass is 179 g/mol. The second-order valence-corrected chi connectivity index (χ2v) is 2.91. The summed E-state index contributed by atoms with van der Waals surface area (Å²) < 4.78 is 0. The Morgan fingerprint density at radius 2 is 1.79 bits per heavy atom. The van der Waals surface area contributed by atoms with Crippen LogP contribution < -0.4 is 0 Å². The van der Waals surface area contributed by atoms with E-state index in [1.807, 2.05) is 42.5 Å². The summed E-state index contributed by atoms with van der Waals surface area (Å²) in [6.07, 6.45) is 7.09. The van der Waals surface area contributed by atoms with Gasteiger partial charge in [-0.05, 0) is 17.6 Å². The summed E-state index contributed by atoms with van der Waals surface area (Å²) in [5.74, 6) is 2.58. The van der Waals surface area contributed by atoms with Gasteiger partial charge in [-0.1, -0.05) is 36.4 Å². The Bertz CT molecular complexity index is 466. The zero-order chi connectivity index (χ0) is 9.80. The van der Waals surface area contributed by atoms with E-state index in [1.165, 1.54) is 0 Å². The molecule has 0 unspecified atom stereocenters. The summed E-state index contributed by atoms with van der Waals surface area (Å²) in [5, 5.41) is 0. The van der Waals surface area contributed by atoms with Gasteiger partial charge in [0.2, 0.25) is 0 Å². The zero-order valence-corrected chi connectivity index (χ0v) is 7.64. The molecule has 0 N–H and O–H groups in total. The average Bonchev–Trinajstić information content (AvgIpc) is 2.30. The molecule has 0 aliphatic heterocycles. The maximum Gasteiger partial charge on any atom is 0.120 e. The molecule has 0 atom stereocenters. The number of terminal acetylenes is 1. The molecule has 1 aromatic carbocycles. The van der Waals surface area contributed by atoms with Crippen LogP contribution in [0.4, 0.5) is 0 Å². The first-order valence-corrected chi connectivity index (χ1v) is 4.39. The van der Waals surface area contributed by atoms with Crippen LogP contribution in [0.1, 0.15) is 5.69 Å². The molecule has 0 saturated heterocycles. The molecule has 1 aromatic heterocycles. The lowest BCUT2D eigenvalue weighted by Gasteiger charge is -2.02. The van der Waals surface area contributed by atoms with Gasteiger partial charge in [-0.25, -0.2) is 4.98 Å². The second-order valence-electron chi connectivity index (χ2n) is 2.91. The van der Waals surface area contributed by atoms with Crippen molar-refractivity contribution in [2.24, 2.45) is 0 Å². The number of pyridine rings is 1. The van der Waals surface area contributed by atoms with E-state index in [0.29, 0.717) is 5.69 Å². The van der Waals surface area contributed by atoms with Gasteiger partial charge in [-0.3, -0.25) is 0 Å². The maximum absolute atomic E-state index is 5.38. The van der Waals surface area contributed by atoms with E-state index in [-0.39, 0.29) is 0 Å². The van der Waals surface area contributed by atoms with E-state index in [2.05, 4.69) is 10.9 Å². The molecule has 0 spiro atoms. The van der Waals surface area contributed by atoms with Crippen molar-refractivity contribution in [1.82, 2.24) is 4.98 Å². The standard InChI is InChI=1S/C13H9N/c1-2-13-12(9-6-10-14-13)11-7-4-3-5-8-11/h1,3-10H. The molecule has 0 fully saturated rings. The van der Waals surface area contributed by atoms with Gasteiger partial charge in [0, 0.05) is 11.8 Å². The third-order valence-corrected chi connectivity index (χ3v) is 2.03. The Hall–Kier alpha value is -2.07. The summed E-state index contributed by atoms with van der Waals surface area (Å²) in [5.41, 5.74) is 2.81. The number of hydrogen-bond donors (Lipinski definition) is 0. The highest BCUT2D eigenvalue weighted by Crippen LogP contribution is 2.20. The van der Waals surface area contributed by atoms with Crippen molar-refractivity contribution in [3.8, 4) is 23.5 Å². The first kappa shape index (κ1) is 8.52. The van der Waals surface area contributed by atoms with E-state index < -0.39 is 0 Å². The Balaban J connectivity index is 2.58. The fourth-order valence-electron chi connectivity index (χ4n) is 1.37. The van der Waals surface area contributed by atoms with Crippen LogP contribution in [0.25, 0.3) is 11.1 Å². The number of benzene rings is 1. The van der Waals surface area contributed by atoms with Crippen molar-refractivity contribution in [2.45, 2.75) is 0 Å². The molecule has 1 heterocycles. The minimum atomic E-state index is 0.693. The van der Waals surface area contributed by atoms with Crippen LogP contribution in [-0.4, -0.2) is 4.98 Å². The van der Waals surface area contributed by atoms with Gasteiger partial charge in [0.15, 0.2) is 0 Å². The third-order valence-electron chi connectivity index (χ3n) is 2.03. The molecule has 14 heavy (non-hydrogen) atoms. The Morgan fingerprint density at radius 3 is 2.50 bits per heavy atom. The Kier molecular flexibility index (Phi) is 2.29. The van der Waals surface area contributed by atoms with Crippen LogP contribution in [0, 0.1) is 12.3 Å². The van der Waals surface area contributed by atoms with E-state index in [1.54, 1.807) is 6.20 Å². The highest BCUT2D eigenvalue weighted by molar-refractivity contribution is 5.68. The fraction of sp³-hybridized carbons (Fsp3) is 0. The molecular formula is C13H9N. The first-order chi connectivity index (χ1) is 6.92. The van der Waals surface area contributed by atoms with Gasteiger partial charge in [0.1, 0.15) is 5.69 Å². The minimum Gasteiger partial charge on any atom is -0.247 e. The van der Waals surface area contributed by atoms with Crippen molar-refractivity contribution < 1.29 is 0 Å². The molecule has 0 aliphatic carbocycles. The van der Waals surface area contributed by atoms with E-state index in [9.17, 15) is 0 Å². The fourth-order valence-corrected chi connectivity index (χ4v) is 1.37. The average molecular weight is 179 g/mol. The van der Waals surface area contributed by atoms with Crippen molar-refractivity contribution in [3.63, 3.8) is 0 Å². The van der Waals surface area contributed by atoms with Crippen LogP contribution in [-0.2, 0) is 0 Å². The van der Waals surface area contributed by atoms with Gasteiger partial charge in [-0.15, -0.1) is 6.42 Å². The highest BCUT2D eigenvalue weighted by Gasteiger charge is 2.01. The summed E-state index contributed by atoms with van der Waals surface area (Å²) in [4.78, 5) is 4.14.